The van der Waals surface area contributed by atoms with Crippen molar-refractivity contribution in [2.45, 2.75) is 6.54 Å². The van der Waals surface area contributed by atoms with Crippen LogP contribution in [0.5, 0.6) is 17.2 Å². The molecule has 0 saturated heterocycles. The van der Waals surface area contributed by atoms with Crippen molar-refractivity contribution in [3.63, 3.8) is 0 Å². The highest BCUT2D eigenvalue weighted by Crippen LogP contribution is 2.37. The Morgan fingerprint density at radius 3 is 2.29 bits per heavy atom. The number of rotatable bonds is 8. The van der Waals surface area contributed by atoms with E-state index in [4.69, 9.17) is 16.0 Å². The predicted octanol–water partition coefficient (Wildman–Crippen LogP) is 6.03. The van der Waals surface area contributed by atoms with Gasteiger partial charge >= 0.3 is 6.03 Å². The number of urea groups is 1. The Labute approximate surface area is 216 Å². The number of anilines is 2. The highest BCUT2D eigenvalue weighted by Gasteiger charge is 2.12. The third-order valence-corrected chi connectivity index (χ3v) is 5.36. The van der Waals surface area contributed by atoms with E-state index in [1.165, 1.54) is 29.1 Å². The monoisotopic (exact) mass is 509 g/mol. The highest BCUT2D eigenvalue weighted by atomic mass is 19.1. The summed E-state index contributed by atoms with van der Waals surface area (Å²) in [5.74, 6) is 1.07. The minimum absolute atomic E-state index is 0.293. The van der Waals surface area contributed by atoms with E-state index in [0.29, 0.717) is 58.4 Å². The van der Waals surface area contributed by atoms with Crippen molar-refractivity contribution in [2.24, 2.45) is 0 Å². The Kier molecular flexibility index (Phi) is 7.04. The van der Waals surface area contributed by atoms with Crippen molar-refractivity contribution < 1.29 is 18.7 Å². The van der Waals surface area contributed by atoms with Crippen LogP contribution in [0.1, 0.15) is 0 Å². The summed E-state index contributed by atoms with van der Waals surface area (Å²) < 4.78 is 24.9. The van der Waals surface area contributed by atoms with Gasteiger partial charge in [0.1, 0.15) is 29.7 Å². The number of hydrogen-bond acceptors (Lipinski definition) is 6. The Morgan fingerprint density at radius 1 is 0.921 bits per heavy atom. The van der Waals surface area contributed by atoms with Gasteiger partial charge in [0.25, 0.3) is 0 Å². The van der Waals surface area contributed by atoms with Gasteiger partial charge in [-0.25, -0.2) is 14.0 Å². The second-order valence-corrected chi connectivity index (χ2v) is 7.94. The van der Waals surface area contributed by atoms with E-state index >= 15 is 0 Å². The molecule has 0 aliphatic heterocycles. The molecule has 0 aliphatic rings. The van der Waals surface area contributed by atoms with Gasteiger partial charge in [-0.15, -0.1) is 0 Å². The molecule has 0 radical (unpaired) electrons. The lowest BCUT2D eigenvalue weighted by Crippen LogP contribution is -2.19. The van der Waals surface area contributed by atoms with Crippen LogP contribution in [0, 0.1) is 12.4 Å². The van der Waals surface area contributed by atoms with Gasteiger partial charge in [0.2, 0.25) is 5.69 Å². The molecule has 38 heavy (non-hydrogen) atoms. The van der Waals surface area contributed by atoms with Crippen LogP contribution in [0.3, 0.4) is 0 Å². The van der Waals surface area contributed by atoms with Crippen LogP contribution in [0.25, 0.3) is 15.7 Å². The first-order chi connectivity index (χ1) is 18.6. The summed E-state index contributed by atoms with van der Waals surface area (Å²) in [6.45, 7) is 8.32. The standard InChI is InChI=1S/C27H20FN7O3/c1-29-24-16-22-23(17-26(24)37-15-14-35-31-12-13-32-35)30-11-10-25(22)38-21-8-6-20(7-9-21)34-27(36)33-19-4-2-18(28)3-5-19/h2-13,16-17H,14-15H2,(H2,33,34,36). The minimum Gasteiger partial charge on any atom is -0.503 e. The number of benzene rings is 3. The van der Waals surface area contributed by atoms with Crippen LogP contribution in [-0.2, 0) is 6.54 Å². The van der Waals surface area contributed by atoms with Gasteiger partial charge in [0, 0.05) is 23.0 Å². The topological polar surface area (TPSA) is 108 Å². The fourth-order valence-electron chi connectivity index (χ4n) is 3.58. The first-order valence-corrected chi connectivity index (χ1v) is 11.5. The summed E-state index contributed by atoms with van der Waals surface area (Å²) >= 11 is 0. The first-order valence-electron chi connectivity index (χ1n) is 11.5. The van der Waals surface area contributed by atoms with Gasteiger partial charge in [0.05, 0.1) is 31.0 Å². The van der Waals surface area contributed by atoms with E-state index in [0.717, 1.165) is 0 Å². The lowest BCUT2D eigenvalue weighted by Gasteiger charge is -2.13. The van der Waals surface area contributed by atoms with Crippen molar-refractivity contribution >= 4 is 34.0 Å². The van der Waals surface area contributed by atoms with Gasteiger partial charge < -0.3 is 20.1 Å². The fourth-order valence-corrected chi connectivity index (χ4v) is 3.58. The lowest BCUT2D eigenvalue weighted by molar-refractivity contribution is 0.262. The summed E-state index contributed by atoms with van der Waals surface area (Å²) in [7, 11) is 0. The van der Waals surface area contributed by atoms with E-state index in [2.05, 4.69) is 30.7 Å². The third kappa shape index (κ3) is 5.83. The number of nitrogens with one attached hydrogen (secondary N) is 2. The number of nitrogens with zero attached hydrogens (tertiary/aromatic N) is 5. The summed E-state index contributed by atoms with van der Waals surface area (Å²) in [6, 6.07) is 16.9. The molecule has 0 unspecified atom stereocenters. The largest absolute Gasteiger partial charge is 0.503 e. The molecular weight excluding hydrogens is 489 g/mol. The van der Waals surface area contributed by atoms with Crippen LogP contribution in [-0.4, -0.2) is 32.6 Å². The zero-order chi connectivity index (χ0) is 26.3. The third-order valence-electron chi connectivity index (χ3n) is 5.36. The zero-order valence-electron chi connectivity index (χ0n) is 19.8. The van der Waals surface area contributed by atoms with Gasteiger partial charge in [0.15, 0.2) is 0 Å². The Hall–Kier alpha value is -5.50. The maximum absolute atomic E-state index is 13.0. The second-order valence-electron chi connectivity index (χ2n) is 7.94. The average molecular weight is 510 g/mol. The van der Waals surface area contributed by atoms with E-state index in [1.807, 2.05) is 0 Å². The molecule has 0 aliphatic carbocycles. The molecule has 5 aromatic rings. The number of amides is 2. The molecule has 188 valence electrons. The number of aromatic nitrogens is 4. The quantitative estimate of drug-likeness (QED) is 0.247. The molecule has 10 nitrogen and oxygen atoms in total. The number of ether oxygens (including phenoxy) is 2. The van der Waals surface area contributed by atoms with Gasteiger partial charge in [-0.05, 0) is 66.7 Å². The van der Waals surface area contributed by atoms with E-state index < -0.39 is 6.03 Å². The maximum atomic E-state index is 13.0. The number of fused-ring (bicyclic) bond motifs is 1. The molecule has 2 amide bonds. The number of carbonyl (C=O) groups excluding carboxylic acids is 1. The van der Waals surface area contributed by atoms with Crippen LogP contribution in [0.2, 0.25) is 0 Å². The number of carbonyl (C=O) groups is 1. The molecule has 2 N–H and O–H groups in total. The van der Waals surface area contributed by atoms with Gasteiger partial charge in [-0.1, -0.05) is 0 Å². The molecule has 0 bridgehead atoms. The van der Waals surface area contributed by atoms with Crippen LogP contribution in [0.4, 0.5) is 26.2 Å². The van der Waals surface area contributed by atoms with Crippen LogP contribution in [0.15, 0.2) is 85.3 Å². The first kappa shape index (κ1) is 24.2. The Bertz CT molecular complexity index is 1600. The van der Waals surface area contributed by atoms with E-state index in [-0.39, 0.29) is 5.82 Å². The van der Waals surface area contributed by atoms with Crippen LogP contribution < -0.4 is 20.1 Å². The number of hydrogen-bond donors (Lipinski definition) is 2. The summed E-state index contributed by atoms with van der Waals surface area (Å²) in [6.07, 6.45) is 4.79. The zero-order valence-corrected chi connectivity index (χ0v) is 19.8. The van der Waals surface area contributed by atoms with Crippen molar-refractivity contribution in [3.8, 4) is 17.2 Å². The van der Waals surface area contributed by atoms with Gasteiger partial charge in [-0.3, -0.25) is 4.98 Å². The molecule has 2 heterocycles. The lowest BCUT2D eigenvalue weighted by atomic mass is 10.1. The smallest absolute Gasteiger partial charge is 0.323 e. The molecular formula is C27H20FN7O3. The van der Waals surface area contributed by atoms with Crippen molar-refractivity contribution in [2.75, 3.05) is 17.2 Å². The molecule has 0 saturated carbocycles. The Morgan fingerprint density at radius 2 is 1.61 bits per heavy atom. The van der Waals surface area contributed by atoms with Crippen molar-refractivity contribution in [3.05, 3.63) is 103 Å². The SMILES string of the molecule is [C-]#[N+]c1cc2c(Oc3ccc(NC(=O)Nc4ccc(F)cc4)cc3)ccnc2cc1OCCn1nccn1. The summed E-state index contributed by atoms with van der Waals surface area (Å²) in [4.78, 5) is 21.7. The second kappa shape index (κ2) is 11.0. The summed E-state index contributed by atoms with van der Waals surface area (Å²) in [5.41, 5.74) is 1.95. The molecule has 3 aromatic carbocycles. The molecule has 11 heteroatoms. The molecule has 0 fully saturated rings. The number of halogens is 1. The van der Waals surface area contributed by atoms with E-state index in [1.54, 1.807) is 61.1 Å². The normalized spacial score (nSPS) is 10.5. The van der Waals surface area contributed by atoms with Gasteiger partial charge in [-0.2, -0.15) is 15.0 Å². The maximum Gasteiger partial charge on any atom is 0.323 e. The highest BCUT2D eigenvalue weighted by molar-refractivity contribution is 5.99. The summed E-state index contributed by atoms with van der Waals surface area (Å²) in [5, 5.41) is 14.1. The van der Waals surface area contributed by atoms with Crippen molar-refractivity contribution in [1.29, 1.82) is 0 Å². The minimum atomic E-state index is -0.462. The number of pyridine rings is 1. The molecule has 5 rings (SSSR count). The molecule has 0 atom stereocenters. The van der Waals surface area contributed by atoms with Crippen LogP contribution >= 0.6 is 0 Å². The Balaban J connectivity index is 1.26. The van der Waals surface area contributed by atoms with Crippen molar-refractivity contribution in [1.82, 2.24) is 20.0 Å². The average Bonchev–Trinajstić information content (AvgIpc) is 3.44. The predicted molar refractivity (Wildman–Crippen MR) is 139 cm³/mol. The molecule has 0 spiro atoms. The van der Waals surface area contributed by atoms with E-state index in [9.17, 15) is 9.18 Å². The molecule has 2 aromatic heterocycles. The fraction of sp³-hybridized carbons (Fsp3) is 0.0741.